The van der Waals surface area contributed by atoms with Crippen molar-refractivity contribution in [1.82, 2.24) is 40.0 Å². The van der Waals surface area contributed by atoms with Gasteiger partial charge >= 0.3 is 0 Å². The summed E-state index contributed by atoms with van der Waals surface area (Å²) in [6.07, 6.45) is 4.86. The van der Waals surface area contributed by atoms with Gasteiger partial charge in [-0.05, 0) is 43.2 Å². The first-order valence-electron chi connectivity index (χ1n) is 20.3. The van der Waals surface area contributed by atoms with Crippen LogP contribution in [0.5, 0.6) is 0 Å². The van der Waals surface area contributed by atoms with Gasteiger partial charge in [-0.2, -0.15) is 5.26 Å². The summed E-state index contributed by atoms with van der Waals surface area (Å²) < 4.78 is 33.4. The lowest BCUT2D eigenvalue weighted by atomic mass is 10.0. The van der Waals surface area contributed by atoms with Crippen molar-refractivity contribution in [2.24, 2.45) is 5.92 Å². The maximum absolute atomic E-state index is 15.1. The van der Waals surface area contributed by atoms with E-state index in [1.807, 2.05) is 0 Å². The van der Waals surface area contributed by atoms with E-state index in [4.69, 9.17) is 19.5 Å². The Morgan fingerprint density at radius 3 is 2.59 bits per heavy atom. The quantitative estimate of drug-likeness (QED) is 0.0779. The predicted octanol–water partition coefficient (Wildman–Crippen LogP) is 1.87. The lowest BCUT2D eigenvalue weighted by Crippen LogP contribution is -2.54. The molecule has 6 heterocycles. The van der Waals surface area contributed by atoms with Crippen molar-refractivity contribution in [3.8, 4) is 11.9 Å². The zero-order valence-corrected chi connectivity index (χ0v) is 34.7. The second-order valence-corrected chi connectivity index (χ2v) is 16.2. The summed E-state index contributed by atoms with van der Waals surface area (Å²) >= 11 is 1.28. The van der Waals surface area contributed by atoms with Crippen LogP contribution in [0, 0.1) is 23.2 Å². The number of halogens is 1. The number of imide groups is 2. The molecule has 8 rings (SSSR count). The normalized spacial score (nSPS) is 18.3. The Balaban J connectivity index is 0.726. The van der Waals surface area contributed by atoms with Gasteiger partial charge in [-0.15, -0.1) is 5.10 Å². The van der Waals surface area contributed by atoms with Crippen LogP contribution in [0.4, 0.5) is 15.2 Å². The van der Waals surface area contributed by atoms with Gasteiger partial charge in [0, 0.05) is 49.6 Å². The van der Waals surface area contributed by atoms with Crippen LogP contribution in [0.25, 0.3) is 5.69 Å². The molecule has 0 aliphatic carbocycles. The summed E-state index contributed by atoms with van der Waals surface area (Å²) in [5.74, 6) is -3.92. The van der Waals surface area contributed by atoms with Crippen molar-refractivity contribution in [1.29, 1.82) is 5.26 Å². The fourth-order valence-electron chi connectivity index (χ4n) is 7.71. The fraction of sp³-hybridized carbons (Fsp3) is 0.415. The van der Waals surface area contributed by atoms with Gasteiger partial charge in [0.05, 0.1) is 86.4 Å². The number of amides is 6. The van der Waals surface area contributed by atoms with Gasteiger partial charge in [0.1, 0.15) is 17.6 Å². The third kappa shape index (κ3) is 9.56. The van der Waals surface area contributed by atoms with Crippen LogP contribution >= 0.6 is 11.3 Å². The Morgan fingerprint density at radius 1 is 0.984 bits per heavy atom. The number of ether oxygens (including phenoxy) is 3. The maximum Gasteiger partial charge on any atom is 0.264 e. The molecular weight excluding hydrogens is 842 g/mol. The van der Waals surface area contributed by atoms with Crippen molar-refractivity contribution < 1.29 is 47.4 Å². The highest BCUT2D eigenvalue weighted by molar-refractivity contribution is 7.15. The molecule has 328 valence electrons. The third-order valence-corrected chi connectivity index (χ3v) is 12.0. The summed E-state index contributed by atoms with van der Waals surface area (Å²) in [5, 5.41) is 26.0. The molecule has 2 saturated heterocycles. The molecule has 3 N–H and O–H groups in total. The highest BCUT2D eigenvalue weighted by Crippen LogP contribution is 2.33. The van der Waals surface area contributed by atoms with Crippen LogP contribution in [-0.2, 0) is 48.2 Å². The molecule has 1 unspecified atom stereocenters. The Labute approximate surface area is 363 Å². The molecule has 63 heavy (non-hydrogen) atoms. The van der Waals surface area contributed by atoms with Crippen LogP contribution in [0.3, 0.4) is 0 Å². The summed E-state index contributed by atoms with van der Waals surface area (Å²) in [4.78, 5) is 85.9. The zero-order chi connectivity index (χ0) is 44.0. The van der Waals surface area contributed by atoms with Gasteiger partial charge in [0.25, 0.3) is 17.7 Å². The second-order valence-electron chi connectivity index (χ2n) is 15.1. The molecule has 2 atom stereocenters. The minimum atomic E-state index is -1.04. The summed E-state index contributed by atoms with van der Waals surface area (Å²) in [5.41, 5.74) is 2.42. The molecule has 4 aliphatic heterocycles. The van der Waals surface area contributed by atoms with Gasteiger partial charge in [-0.1, -0.05) is 22.6 Å². The largest absolute Gasteiger partial charge is 0.382 e. The molecule has 2 aromatic carbocycles. The van der Waals surface area contributed by atoms with E-state index in [1.165, 1.54) is 40.3 Å². The van der Waals surface area contributed by atoms with Crippen molar-refractivity contribution in [2.75, 3.05) is 69.8 Å². The molecule has 20 nitrogen and oxygen atoms in total. The Morgan fingerprint density at radius 2 is 1.79 bits per heavy atom. The van der Waals surface area contributed by atoms with Crippen molar-refractivity contribution in [2.45, 2.75) is 44.9 Å². The van der Waals surface area contributed by atoms with Crippen LogP contribution in [0.1, 0.15) is 66.6 Å². The average Bonchev–Trinajstić information content (AvgIpc) is 4.09. The van der Waals surface area contributed by atoms with E-state index >= 15 is 4.39 Å². The molecule has 22 heteroatoms. The highest BCUT2D eigenvalue weighted by atomic mass is 32.1. The first kappa shape index (κ1) is 43.0. The fourth-order valence-corrected chi connectivity index (χ4v) is 8.74. The molecule has 0 saturated carbocycles. The number of nitriles is 1. The van der Waals surface area contributed by atoms with E-state index in [-0.39, 0.29) is 74.3 Å². The summed E-state index contributed by atoms with van der Waals surface area (Å²) in [7, 11) is 0. The average molecular weight is 884 g/mol. The number of nitrogens with zero attached hydrogens (tertiary/aromatic N) is 8. The number of likely N-dealkylation sites (tertiary alicyclic amines) is 1. The molecule has 2 aromatic heterocycles. The van der Waals surface area contributed by atoms with Crippen molar-refractivity contribution in [3.05, 3.63) is 81.4 Å². The lowest BCUT2D eigenvalue weighted by Gasteiger charge is -2.27. The number of fused-ring (bicyclic) bond motifs is 2. The molecule has 0 spiro atoms. The molecule has 4 aliphatic rings. The topological polar surface area (TPSA) is 243 Å². The number of carbonyl (C=O) groups excluding carboxylic acids is 6. The Bertz CT molecular complexity index is 2490. The first-order valence-corrected chi connectivity index (χ1v) is 21.2. The number of thiazole rings is 1. The van der Waals surface area contributed by atoms with Crippen LogP contribution < -0.4 is 16.0 Å². The monoisotopic (exact) mass is 883 g/mol. The summed E-state index contributed by atoms with van der Waals surface area (Å²) in [6, 6.07) is 7.94. The number of piperidine rings is 1. The third-order valence-electron chi connectivity index (χ3n) is 11.0. The van der Waals surface area contributed by atoms with E-state index in [1.54, 1.807) is 28.1 Å². The van der Waals surface area contributed by atoms with E-state index < -0.39 is 41.4 Å². The molecule has 4 aromatic rings. The minimum absolute atomic E-state index is 0.0407. The minimum Gasteiger partial charge on any atom is -0.382 e. The zero-order valence-electron chi connectivity index (χ0n) is 33.8. The number of hydrogen-bond acceptors (Lipinski definition) is 16. The van der Waals surface area contributed by atoms with Gasteiger partial charge in [-0.25, -0.2) is 14.1 Å². The van der Waals surface area contributed by atoms with Crippen LogP contribution in [0.15, 0.2) is 42.6 Å². The predicted molar refractivity (Wildman–Crippen MR) is 219 cm³/mol. The molecule has 2 fully saturated rings. The van der Waals surface area contributed by atoms with E-state index in [0.717, 1.165) is 15.5 Å². The van der Waals surface area contributed by atoms with Gasteiger partial charge in [0.15, 0.2) is 11.3 Å². The van der Waals surface area contributed by atoms with Crippen LogP contribution in [0.2, 0.25) is 0 Å². The van der Waals surface area contributed by atoms with Crippen molar-refractivity contribution in [3.63, 3.8) is 0 Å². The highest BCUT2D eigenvalue weighted by Gasteiger charge is 2.45. The second kappa shape index (κ2) is 19.2. The van der Waals surface area contributed by atoms with Crippen molar-refractivity contribution >= 4 is 57.6 Å². The number of benzene rings is 2. The molecule has 0 radical (unpaired) electrons. The number of nitrogens with one attached hydrogen (secondary N) is 3. The van der Waals surface area contributed by atoms with Gasteiger partial charge in [0.2, 0.25) is 17.7 Å². The van der Waals surface area contributed by atoms with E-state index in [2.05, 4.69) is 37.4 Å². The SMILES string of the molecule is N#CN1CC[C@@H](C(=O)Nc2nc3c(s2)CN(C(=O)c2cc(-n4cc(COCCOCCOCCNc5cccc6c5C(=O)N(C5CCC(=O)NC5=O)C6=O)nn4)ccc2F)CC3)C1. The number of rotatable bonds is 17. The first-order chi connectivity index (χ1) is 30.6. The number of aromatic nitrogens is 4. The number of anilines is 2. The van der Waals surface area contributed by atoms with Gasteiger partial charge in [-0.3, -0.25) is 39.0 Å². The molecule has 0 bridgehead atoms. The number of hydrogen-bond donors (Lipinski definition) is 3. The van der Waals surface area contributed by atoms with Crippen LogP contribution in [-0.4, -0.2) is 135 Å². The summed E-state index contributed by atoms with van der Waals surface area (Å²) in [6.45, 7) is 3.35. The molecular formula is C41H42FN11O9S. The Hall–Kier alpha value is -6.67. The standard InChI is InChI=1S/C41H42FN11O9S/c42-29-5-4-26(18-28(29)38(57)51-12-9-30-33(21-51)63-41(45-30)47-36(55)24-8-11-50(19-24)23-43)52-20-25(48-49-52)22-62-17-16-61-15-14-60-13-10-44-31-3-1-2-27-35(31)40(59)53(39(27)58)32-6-7-34(54)46-37(32)56/h1-5,18,20,24,32,44H,6-17,19,21-22H2,(H,45,47,55)(H,46,54,56)/t24-,32?/m1/s1. The van der Waals surface area contributed by atoms with Gasteiger partial charge < -0.3 is 34.6 Å². The lowest BCUT2D eigenvalue weighted by molar-refractivity contribution is -0.136. The van der Waals surface area contributed by atoms with E-state index in [9.17, 15) is 28.8 Å². The smallest absolute Gasteiger partial charge is 0.264 e. The van der Waals surface area contributed by atoms with E-state index in [0.29, 0.717) is 74.4 Å². The molecule has 6 amide bonds. The Kier molecular flexibility index (Phi) is 13.1. The number of carbonyl (C=O) groups is 6. The maximum atomic E-state index is 15.1.